The molecule has 1 N–H and O–H groups in total. The molecule has 0 atom stereocenters. The van der Waals surface area contributed by atoms with Gasteiger partial charge in [0, 0.05) is 45.0 Å². The van der Waals surface area contributed by atoms with Gasteiger partial charge in [0.2, 0.25) is 15.9 Å². The van der Waals surface area contributed by atoms with Crippen LogP contribution in [0.15, 0.2) is 5.38 Å². The lowest BCUT2D eigenvalue weighted by Crippen LogP contribution is -2.47. The van der Waals surface area contributed by atoms with Gasteiger partial charge >= 0.3 is 0 Å². The van der Waals surface area contributed by atoms with Crippen LogP contribution in [0.1, 0.15) is 12.6 Å². The van der Waals surface area contributed by atoms with E-state index in [9.17, 15) is 13.2 Å². The van der Waals surface area contributed by atoms with E-state index in [0.717, 1.165) is 5.69 Å². The Morgan fingerprint density at radius 1 is 1.40 bits per heavy atom. The van der Waals surface area contributed by atoms with E-state index in [1.807, 2.05) is 5.38 Å². The molecule has 1 aromatic heterocycles. The number of piperazine rings is 1. The first kappa shape index (κ1) is 15.4. The molecule has 1 amide bonds. The number of hydrogen-bond acceptors (Lipinski definition) is 6. The summed E-state index contributed by atoms with van der Waals surface area (Å²) in [6.07, 6.45) is 1.24. The normalized spacial score (nSPS) is 18.1. The Morgan fingerprint density at radius 3 is 2.60 bits per heavy atom. The van der Waals surface area contributed by atoms with Gasteiger partial charge in [0.15, 0.2) is 5.13 Å². The molecule has 9 heteroatoms. The van der Waals surface area contributed by atoms with E-state index in [0.29, 0.717) is 37.9 Å². The molecule has 112 valence electrons. The van der Waals surface area contributed by atoms with Crippen LogP contribution in [0.5, 0.6) is 0 Å². The Morgan fingerprint density at radius 2 is 2.05 bits per heavy atom. The highest BCUT2D eigenvalue weighted by Gasteiger charge is 2.23. The quantitative estimate of drug-likeness (QED) is 0.856. The fourth-order valence-corrected chi connectivity index (χ4v) is 3.61. The summed E-state index contributed by atoms with van der Waals surface area (Å²) in [6, 6.07) is 0. The van der Waals surface area contributed by atoms with Gasteiger partial charge in [0.25, 0.3) is 0 Å². The fraction of sp³-hybridized carbons (Fsp3) is 0.636. The molecule has 0 bridgehead atoms. The predicted molar refractivity (Wildman–Crippen MR) is 78.1 cm³/mol. The van der Waals surface area contributed by atoms with E-state index in [2.05, 4.69) is 15.2 Å². The highest BCUT2D eigenvalue weighted by molar-refractivity contribution is 7.88. The molecule has 0 aromatic carbocycles. The van der Waals surface area contributed by atoms with Crippen molar-refractivity contribution in [1.29, 1.82) is 0 Å². The van der Waals surface area contributed by atoms with Crippen LogP contribution >= 0.6 is 11.3 Å². The van der Waals surface area contributed by atoms with Gasteiger partial charge in [0.05, 0.1) is 11.9 Å². The van der Waals surface area contributed by atoms with Gasteiger partial charge in [0.1, 0.15) is 0 Å². The monoisotopic (exact) mass is 318 g/mol. The minimum absolute atomic E-state index is 0.132. The zero-order valence-electron chi connectivity index (χ0n) is 11.5. The van der Waals surface area contributed by atoms with Gasteiger partial charge in [-0.1, -0.05) is 0 Å². The van der Waals surface area contributed by atoms with E-state index >= 15 is 0 Å². The second kappa shape index (κ2) is 6.17. The maximum Gasteiger partial charge on any atom is 0.223 e. The number of nitrogens with zero attached hydrogens (tertiary/aromatic N) is 3. The molecule has 0 spiro atoms. The molecule has 0 aliphatic carbocycles. The highest BCUT2D eigenvalue weighted by atomic mass is 32.2. The van der Waals surface area contributed by atoms with Gasteiger partial charge in [-0.15, -0.1) is 11.3 Å². The van der Waals surface area contributed by atoms with Crippen LogP contribution in [0, 0.1) is 0 Å². The summed E-state index contributed by atoms with van der Waals surface area (Å²) in [5, 5.41) is 5.16. The number of thiazole rings is 1. The van der Waals surface area contributed by atoms with Crippen LogP contribution in [0.3, 0.4) is 0 Å². The SMILES string of the molecule is CC(=O)Nc1nc(CN2CCN(S(C)(=O)=O)CC2)cs1. The summed E-state index contributed by atoms with van der Waals surface area (Å²) in [4.78, 5) is 17.4. The van der Waals surface area contributed by atoms with E-state index in [1.165, 1.54) is 28.8 Å². The highest BCUT2D eigenvalue weighted by Crippen LogP contribution is 2.17. The first-order chi connectivity index (χ1) is 9.34. The van der Waals surface area contributed by atoms with Gasteiger partial charge in [-0.05, 0) is 0 Å². The third-order valence-electron chi connectivity index (χ3n) is 3.02. The number of sulfonamides is 1. The number of nitrogens with one attached hydrogen (secondary N) is 1. The zero-order valence-corrected chi connectivity index (χ0v) is 13.1. The summed E-state index contributed by atoms with van der Waals surface area (Å²) in [6.45, 7) is 4.54. The summed E-state index contributed by atoms with van der Waals surface area (Å²) >= 11 is 1.40. The smallest absolute Gasteiger partial charge is 0.223 e. The number of carbonyl (C=O) groups excluding carboxylic acids is 1. The summed E-state index contributed by atoms with van der Waals surface area (Å²) in [7, 11) is -3.09. The van der Waals surface area contributed by atoms with E-state index in [4.69, 9.17) is 0 Å². The predicted octanol–water partition coefficient (Wildman–Crippen LogP) is 0.179. The molecule has 20 heavy (non-hydrogen) atoms. The Bertz CT molecular complexity index is 576. The molecule has 1 saturated heterocycles. The Balaban J connectivity index is 1.86. The van der Waals surface area contributed by atoms with Crippen molar-refractivity contribution >= 4 is 32.4 Å². The van der Waals surface area contributed by atoms with Crippen molar-refractivity contribution in [2.75, 3.05) is 37.8 Å². The lowest BCUT2D eigenvalue weighted by Gasteiger charge is -2.32. The average molecular weight is 318 g/mol. The summed E-state index contributed by atoms with van der Waals surface area (Å²) < 4.78 is 24.3. The number of rotatable bonds is 4. The Labute approximate surface area is 122 Å². The molecular weight excluding hydrogens is 300 g/mol. The van der Waals surface area contributed by atoms with Gasteiger partial charge in [-0.2, -0.15) is 4.31 Å². The third-order valence-corrected chi connectivity index (χ3v) is 5.13. The molecule has 1 fully saturated rings. The number of carbonyl (C=O) groups is 1. The Hall–Kier alpha value is -1.03. The van der Waals surface area contributed by atoms with Crippen molar-refractivity contribution in [3.63, 3.8) is 0 Å². The molecule has 2 heterocycles. The molecule has 0 unspecified atom stereocenters. The van der Waals surface area contributed by atoms with Crippen LogP contribution in [0.4, 0.5) is 5.13 Å². The van der Waals surface area contributed by atoms with Crippen molar-refractivity contribution in [2.24, 2.45) is 0 Å². The van der Waals surface area contributed by atoms with Crippen LogP contribution in [0.2, 0.25) is 0 Å². The zero-order chi connectivity index (χ0) is 14.8. The van der Waals surface area contributed by atoms with Gasteiger partial charge in [-0.3, -0.25) is 9.69 Å². The first-order valence-corrected chi connectivity index (χ1v) is 8.97. The second-order valence-corrected chi connectivity index (χ2v) is 7.60. The van der Waals surface area contributed by atoms with E-state index < -0.39 is 10.0 Å². The maximum absolute atomic E-state index is 11.4. The van der Waals surface area contributed by atoms with Crippen molar-refractivity contribution in [3.8, 4) is 0 Å². The number of anilines is 1. The lowest BCUT2D eigenvalue weighted by atomic mass is 10.3. The molecule has 1 aromatic rings. The fourth-order valence-electron chi connectivity index (χ4n) is 2.04. The molecule has 7 nitrogen and oxygen atoms in total. The summed E-state index contributed by atoms with van der Waals surface area (Å²) in [5.41, 5.74) is 0.895. The van der Waals surface area contributed by atoms with Crippen LogP contribution in [0.25, 0.3) is 0 Å². The Kier molecular flexibility index (Phi) is 4.74. The lowest BCUT2D eigenvalue weighted by molar-refractivity contribution is -0.114. The van der Waals surface area contributed by atoms with Crippen molar-refractivity contribution in [3.05, 3.63) is 11.1 Å². The summed E-state index contributed by atoms with van der Waals surface area (Å²) in [5.74, 6) is -0.132. The topological polar surface area (TPSA) is 82.6 Å². The largest absolute Gasteiger partial charge is 0.302 e. The number of aromatic nitrogens is 1. The standard InChI is InChI=1S/C11H18N4O3S2/c1-9(16)12-11-13-10(8-19-11)7-14-3-5-15(6-4-14)20(2,17)18/h8H,3-7H2,1-2H3,(H,12,13,16). The molecule has 2 rings (SSSR count). The van der Waals surface area contributed by atoms with E-state index in [-0.39, 0.29) is 5.91 Å². The van der Waals surface area contributed by atoms with Crippen LogP contribution < -0.4 is 5.32 Å². The minimum atomic E-state index is -3.09. The molecule has 0 radical (unpaired) electrons. The van der Waals surface area contributed by atoms with Gasteiger partial charge in [-0.25, -0.2) is 13.4 Å². The minimum Gasteiger partial charge on any atom is -0.302 e. The van der Waals surface area contributed by atoms with Crippen LogP contribution in [-0.2, 0) is 21.4 Å². The molecular formula is C11H18N4O3S2. The van der Waals surface area contributed by atoms with Gasteiger partial charge < -0.3 is 5.32 Å². The van der Waals surface area contributed by atoms with Crippen molar-refractivity contribution < 1.29 is 13.2 Å². The third kappa shape index (κ3) is 4.23. The van der Waals surface area contributed by atoms with E-state index in [1.54, 1.807) is 0 Å². The molecule has 0 saturated carbocycles. The maximum atomic E-state index is 11.4. The van der Waals surface area contributed by atoms with Crippen molar-refractivity contribution in [1.82, 2.24) is 14.2 Å². The second-order valence-electron chi connectivity index (χ2n) is 4.76. The molecule has 1 aliphatic heterocycles. The number of hydrogen-bond donors (Lipinski definition) is 1. The first-order valence-electron chi connectivity index (χ1n) is 6.24. The number of amides is 1. The average Bonchev–Trinajstić information content (AvgIpc) is 2.75. The molecule has 1 aliphatic rings. The van der Waals surface area contributed by atoms with Crippen LogP contribution in [-0.4, -0.2) is 60.9 Å². The van der Waals surface area contributed by atoms with Crippen molar-refractivity contribution in [2.45, 2.75) is 13.5 Å².